The van der Waals surface area contributed by atoms with Crippen LogP contribution in [0.25, 0.3) is 0 Å². The summed E-state index contributed by atoms with van der Waals surface area (Å²) in [6.07, 6.45) is 0.825. The van der Waals surface area contributed by atoms with Gasteiger partial charge in [-0.25, -0.2) is 0 Å². The molecule has 90 valence electrons. The average Bonchev–Trinajstić information content (AvgIpc) is 2.78. The predicted molar refractivity (Wildman–Crippen MR) is 68.5 cm³/mol. The number of benzene rings is 1. The molecule has 0 aliphatic carbocycles. The fraction of sp³-hybridized carbons (Fsp3) is 0.333. The molecule has 4 nitrogen and oxygen atoms in total. The Labute approximate surface area is 105 Å². The first-order valence-corrected chi connectivity index (χ1v) is 6.22. The van der Waals surface area contributed by atoms with E-state index in [1.807, 2.05) is 19.2 Å². The molecule has 0 saturated heterocycles. The van der Waals surface area contributed by atoms with Gasteiger partial charge < -0.3 is 10.1 Å². The smallest absolute Gasteiger partial charge is 0.131 e. The summed E-state index contributed by atoms with van der Waals surface area (Å²) < 4.78 is 5.12. The molecule has 0 radical (unpaired) electrons. The molecule has 0 amide bonds. The highest BCUT2D eigenvalue weighted by molar-refractivity contribution is 7.11. The Morgan fingerprint density at radius 3 is 2.53 bits per heavy atom. The number of methoxy groups -OCH3 is 1. The summed E-state index contributed by atoms with van der Waals surface area (Å²) >= 11 is 1.65. The van der Waals surface area contributed by atoms with Crippen LogP contribution in [0.15, 0.2) is 24.3 Å². The topological polar surface area (TPSA) is 47.0 Å². The van der Waals surface area contributed by atoms with Crippen LogP contribution in [-0.4, -0.2) is 24.4 Å². The Morgan fingerprint density at radius 1 is 1.18 bits per heavy atom. The summed E-state index contributed by atoms with van der Waals surface area (Å²) in [6, 6.07) is 8.03. The second kappa shape index (κ2) is 5.75. The van der Waals surface area contributed by atoms with E-state index in [0.717, 1.165) is 28.7 Å². The molecule has 17 heavy (non-hydrogen) atoms. The van der Waals surface area contributed by atoms with Gasteiger partial charge in [0.15, 0.2) is 0 Å². The van der Waals surface area contributed by atoms with Gasteiger partial charge in [-0.15, -0.1) is 10.2 Å². The van der Waals surface area contributed by atoms with E-state index in [9.17, 15) is 0 Å². The van der Waals surface area contributed by atoms with Crippen LogP contribution < -0.4 is 10.1 Å². The molecule has 0 spiro atoms. The second-order valence-corrected chi connectivity index (χ2v) is 4.79. The largest absolute Gasteiger partial charge is 0.497 e. The molecule has 1 heterocycles. The molecule has 0 saturated carbocycles. The number of hydrogen-bond acceptors (Lipinski definition) is 5. The molecule has 0 atom stereocenters. The highest BCUT2D eigenvalue weighted by Crippen LogP contribution is 2.17. The summed E-state index contributed by atoms with van der Waals surface area (Å²) in [4.78, 5) is 0. The van der Waals surface area contributed by atoms with Crippen molar-refractivity contribution in [1.29, 1.82) is 0 Å². The minimum atomic E-state index is 0.778. The van der Waals surface area contributed by atoms with Crippen molar-refractivity contribution < 1.29 is 4.74 Å². The van der Waals surface area contributed by atoms with Crippen molar-refractivity contribution in [2.75, 3.05) is 14.2 Å². The van der Waals surface area contributed by atoms with E-state index in [1.54, 1.807) is 18.4 Å². The van der Waals surface area contributed by atoms with E-state index in [0.29, 0.717) is 0 Å². The maximum atomic E-state index is 5.12. The zero-order valence-electron chi connectivity index (χ0n) is 9.93. The molecule has 2 aromatic rings. The Bertz CT molecular complexity index is 467. The third-order valence-electron chi connectivity index (χ3n) is 2.35. The zero-order chi connectivity index (χ0) is 12.1. The third kappa shape index (κ3) is 3.25. The monoisotopic (exact) mass is 249 g/mol. The quantitative estimate of drug-likeness (QED) is 0.878. The van der Waals surface area contributed by atoms with Crippen LogP contribution in [0.5, 0.6) is 5.75 Å². The molecule has 2 rings (SSSR count). The number of nitrogens with zero attached hydrogens (tertiary/aromatic N) is 2. The van der Waals surface area contributed by atoms with E-state index >= 15 is 0 Å². The first kappa shape index (κ1) is 12.0. The summed E-state index contributed by atoms with van der Waals surface area (Å²) in [5.41, 5.74) is 1.22. The van der Waals surface area contributed by atoms with E-state index in [2.05, 4.69) is 27.6 Å². The number of hydrogen-bond donors (Lipinski definition) is 1. The Kier molecular flexibility index (Phi) is 4.06. The molecule has 0 fully saturated rings. The molecule has 0 aliphatic rings. The number of nitrogens with one attached hydrogen (secondary N) is 1. The summed E-state index contributed by atoms with van der Waals surface area (Å²) in [5.74, 6) is 0.877. The highest BCUT2D eigenvalue weighted by Gasteiger charge is 2.04. The normalized spacial score (nSPS) is 10.5. The van der Waals surface area contributed by atoms with Gasteiger partial charge in [0, 0.05) is 13.0 Å². The fourth-order valence-corrected chi connectivity index (χ4v) is 2.39. The summed E-state index contributed by atoms with van der Waals surface area (Å²) in [5, 5.41) is 13.4. The first-order chi connectivity index (χ1) is 8.31. The second-order valence-electron chi connectivity index (χ2n) is 3.64. The average molecular weight is 249 g/mol. The lowest BCUT2D eigenvalue weighted by molar-refractivity contribution is 0.414. The van der Waals surface area contributed by atoms with E-state index in [1.165, 1.54) is 5.56 Å². The minimum absolute atomic E-state index is 0.778. The molecule has 1 aromatic heterocycles. The Hall–Kier alpha value is -1.46. The molecule has 0 unspecified atom stereocenters. The minimum Gasteiger partial charge on any atom is -0.497 e. The van der Waals surface area contributed by atoms with Crippen LogP contribution >= 0.6 is 11.3 Å². The molecule has 1 N–H and O–H groups in total. The van der Waals surface area contributed by atoms with Gasteiger partial charge in [0.05, 0.1) is 7.11 Å². The van der Waals surface area contributed by atoms with Crippen LogP contribution in [0.3, 0.4) is 0 Å². The molecule has 0 bridgehead atoms. The SMILES string of the molecule is CNCc1nnc(Cc2ccc(OC)cc2)s1. The lowest BCUT2D eigenvalue weighted by atomic mass is 10.1. The maximum Gasteiger partial charge on any atom is 0.131 e. The van der Waals surface area contributed by atoms with Crippen molar-refractivity contribution in [3.8, 4) is 5.75 Å². The van der Waals surface area contributed by atoms with Crippen LogP contribution in [0.1, 0.15) is 15.6 Å². The van der Waals surface area contributed by atoms with Gasteiger partial charge in [-0.2, -0.15) is 0 Å². The summed E-state index contributed by atoms with van der Waals surface area (Å²) in [7, 11) is 3.58. The van der Waals surface area contributed by atoms with Gasteiger partial charge in [0.1, 0.15) is 15.8 Å². The van der Waals surface area contributed by atoms with Crippen LogP contribution in [0.4, 0.5) is 0 Å². The molecule has 0 aliphatic heterocycles. The van der Waals surface area contributed by atoms with Crippen LogP contribution in [-0.2, 0) is 13.0 Å². The lowest BCUT2D eigenvalue weighted by Gasteiger charge is -2.00. The lowest BCUT2D eigenvalue weighted by Crippen LogP contribution is -2.04. The van der Waals surface area contributed by atoms with Gasteiger partial charge in [0.25, 0.3) is 0 Å². The van der Waals surface area contributed by atoms with Gasteiger partial charge in [-0.05, 0) is 24.7 Å². The molecular weight excluding hydrogens is 234 g/mol. The maximum absolute atomic E-state index is 5.12. The predicted octanol–water partition coefficient (Wildman–Crippen LogP) is 1.86. The van der Waals surface area contributed by atoms with Crippen molar-refractivity contribution in [2.24, 2.45) is 0 Å². The van der Waals surface area contributed by atoms with Crippen molar-refractivity contribution in [3.05, 3.63) is 39.8 Å². The number of rotatable bonds is 5. The van der Waals surface area contributed by atoms with Gasteiger partial charge in [-0.3, -0.25) is 0 Å². The molecular formula is C12H15N3OS. The third-order valence-corrected chi connectivity index (χ3v) is 3.27. The summed E-state index contributed by atoms with van der Waals surface area (Å²) in [6.45, 7) is 0.778. The van der Waals surface area contributed by atoms with Gasteiger partial charge in [-0.1, -0.05) is 23.5 Å². The highest BCUT2D eigenvalue weighted by atomic mass is 32.1. The Morgan fingerprint density at radius 2 is 1.88 bits per heavy atom. The zero-order valence-corrected chi connectivity index (χ0v) is 10.8. The van der Waals surface area contributed by atoms with E-state index in [4.69, 9.17) is 4.74 Å². The molecule has 5 heteroatoms. The van der Waals surface area contributed by atoms with Gasteiger partial charge in [0.2, 0.25) is 0 Å². The number of aromatic nitrogens is 2. The van der Waals surface area contributed by atoms with Crippen molar-refractivity contribution in [2.45, 2.75) is 13.0 Å². The van der Waals surface area contributed by atoms with Crippen LogP contribution in [0, 0.1) is 0 Å². The van der Waals surface area contributed by atoms with Crippen LogP contribution in [0.2, 0.25) is 0 Å². The fourth-order valence-electron chi connectivity index (χ4n) is 1.50. The van der Waals surface area contributed by atoms with E-state index < -0.39 is 0 Å². The van der Waals surface area contributed by atoms with Crippen molar-refractivity contribution >= 4 is 11.3 Å². The van der Waals surface area contributed by atoms with E-state index in [-0.39, 0.29) is 0 Å². The standard InChI is InChI=1S/C12H15N3OS/c1-13-8-12-15-14-11(17-12)7-9-3-5-10(16-2)6-4-9/h3-6,13H,7-8H2,1-2H3. The van der Waals surface area contributed by atoms with Gasteiger partial charge >= 0.3 is 0 Å². The van der Waals surface area contributed by atoms with Crippen molar-refractivity contribution in [3.63, 3.8) is 0 Å². The first-order valence-electron chi connectivity index (χ1n) is 5.40. The molecule has 1 aromatic carbocycles. The Balaban J connectivity index is 2.03. The van der Waals surface area contributed by atoms with Crippen molar-refractivity contribution in [1.82, 2.24) is 15.5 Å². The number of ether oxygens (including phenoxy) is 1.